The molecule has 0 aromatic heterocycles. The van der Waals surface area contributed by atoms with Crippen LogP contribution in [0.1, 0.15) is 19.3 Å². The third kappa shape index (κ3) is 0.924. The zero-order valence-corrected chi connectivity index (χ0v) is 7.34. The van der Waals surface area contributed by atoms with Gasteiger partial charge in [-0.3, -0.25) is 0 Å². The van der Waals surface area contributed by atoms with E-state index in [1.807, 2.05) is 7.05 Å². The summed E-state index contributed by atoms with van der Waals surface area (Å²) in [5.41, 5.74) is 1.20. The lowest BCUT2D eigenvalue weighted by Crippen LogP contribution is -2.38. The second-order valence-corrected chi connectivity index (χ2v) is 3.66. The van der Waals surface area contributed by atoms with E-state index in [-0.39, 0.29) is 12.1 Å². The Bertz CT molecular complexity index is 237. The van der Waals surface area contributed by atoms with Crippen LogP contribution in [0, 0.1) is 0 Å². The predicted molar refractivity (Wildman–Crippen MR) is 46.9 cm³/mol. The molecule has 2 fully saturated rings. The van der Waals surface area contributed by atoms with E-state index in [4.69, 9.17) is 0 Å². The van der Waals surface area contributed by atoms with Crippen LogP contribution in [0.4, 0.5) is 4.79 Å². The molecule has 66 valence electrons. The van der Waals surface area contributed by atoms with Gasteiger partial charge in [0.25, 0.3) is 0 Å². The van der Waals surface area contributed by atoms with Crippen LogP contribution in [0.3, 0.4) is 0 Å². The van der Waals surface area contributed by atoms with Gasteiger partial charge in [-0.1, -0.05) is 12.2 Å². The van der Waals surface area contributed by atoms with Crippen LogP contribution in [0.15, 0.2) is 12.2 Å². The molecule has 3 heteroatoms. The summed E-state index contributed by atoms with van der Waals surface area (Å²) < 4.78 is 0. The topological polar surface area (TPSA) is 32.3 Å². The Morgan fingerprint density at radius 1 is 1.67 bits per heavy atom. The zero-order chi connectivity index (χ0) is 8.72. The minimum Gasteiger partial charge on any atom is -0.333 e. The van der Waals surface area contributed by atoms with Gasteiger partial charge in [-0.05, 0) is 19.3 Å². The largest absolute Gasteiger partial charge is 0.333 e. The van der Waals surface area contributed by atoms with Gasteiger partial charge in [0.1, 0.15) is 0 Å². The van der Waals surface area contributed by atoms with E-state index >= 15 is 0 Å². The summed E-state index contributed by atoms with van der Waals surface area (Å²) in [4.78, 5) is 13.0. The van der Waals surface area contributed by atoms with Crippen molar-refractivity contribution in [3.05, 3.63) is 12.2 Å². The van der Waals surface area contributed by atoms with E-state index in [1.54, 1.807) is 4.90 Å². The first-order chi connectivity index (χ1) is 5.70. The fraction of sp³-hybridized carbons (Fsp3) is 0.667. The molecule has 0 spiro atoms. The summed E-state index contributed by atoms with van der Waals surface area (Å²) in [5.74, 6) is 0. The molecule has 0 aromatic carbocycles. The van der Waals surface area contributed by atoms with Gasteiger partial charge in [-0.2, -0.15) is 0 Å². The van der Waals surface area contributed by atoms with Crippen molar-refractivity contribution < 1.29 is 4.79 Å². The van der Waals surface area contributed by atoms with Crippen molar-refractivity contribution in [3.8, 4) is 0 Å². The Hall–Kier alpha value is -0.990. The minimum atomic E-state index is 0.0491. The second-order valence-electron chi connectivity index (χ2n) is 3.66. The van der Waals surface area contributed by atoms with Crippen LogP contribution >= 0.6 is 0 Å². The summed E-state index contributed by atoms with van der Waals surface area (Å²) in [6.07, 6.45) is 3.33. The quantitative estimate of drug-likeness (QED) is 0.537. The fourth-order valence-electron chi connectivity index (χ4n) is 2.22. The monoisotopic (exact) mass is 166 g/mol. The molecule has 2 rings (SSSR count). The van der Waals surface area contributed by atoms with Crippen molar-refractivity contribution in [3.63, 3.8) is 0 Å². The average Bonchev–Trinajstić information content (AvgIpc) is 2.29. The maximum Gasteiger partial charge on any atom is 0.318 e. The van der Waals surface area contributed by atoms with Gasteiger partial charge in [-0.25, -0.2) is 4.79 Å². The molecule has 2 atom stereocenters. The van der Waals surface area contributed by atoms with Crippen molar-refractivity contribution in [2.24, 2.45) is 0 Å². The number of urea groups is 1. The Balaban J connectivity index is 2.23. The molecule has 1 aliphatic heterocycles. The van der Waals surface area contributed by atoms with Crippen LogP contribution < -0.4 is 5.32 Å². The number of likely N-dealkylation sites (N-methyl/N-ethyl adjacent to an activating group) is 1. The van der Waals surface area contributed by atoms with Gasteiger partial charge in [-0.15, -0.1) is 0 Å². The third-order valence-electron chi connectivity index (χ3n) is 2.86. The van der Waals surface area contributed by atoms with Crippen molar-refractivity contribution in [1.82, 2.24) is 10.2 Å². The third-order valence-corrected chi connectivity index (χ3v) is 2.86. The lowest BCUT2D eigenvalue weighted by molar-refractivity contribution is 0.218. The fourth-order valence-corrected chi connectivity index (χ4v) is 2.22. The smallest absolute Gasteiger partial charge is 0.318 e. The van der Waals surface area contributed by atoms with Crippen LogP contribution in [-0.2, 0) is 0 Å². The number of hydrogen-bond acceptors (Lipinski definition) is 1. The number of carbonyl (C=O) groups excluding carboxylic acids is 1. The molecular weight excluding hydrogens is 152 g/mol. The van der Waals surface area contributed by atoms with Crippen molar-refractivity contribution in [1.29, 1.82) is 0 Å². The highest BCUT2D eigenvalue weighted by Crippen LogP contribution is 2.29. The molecule has 0 aromatic rings. The van der Waals surface area contributed by atoms with Gasteiger partial charge in [0.2, 0.25) is 0 Å². The maximum absolute atomic E-state index is 11.3. The number of hydrogen-bond donors (Lipinski definition) is 1. The first kappa shape index (κ1) is 7.65. The highest BCUT2D eigenvalue weighted by Gasteiger charge is 2.39. The lowest BCUT2D eigenvalue weighted by Gasteiger charge is -2.29. The van der Waals surface area contributed by atoms with Crippen LogP contribution in [0.2, 0.25) is 0 Å². The summed E-state index contributed by atoms with van der Waals surface area (Å²) in [6.45, 7) is 4.01. The maximum atomic E-state index is 11.3. The average molecular weight is 166 g/mol. The van der Waals surface area contributed by atoms with Gasteiger partial charge in [0, 0.05) is 7.05 Å². The molecule has 1 N–H and O–H groups in total. The number of amides is 2. The number of carbonyl (C=O) groups is 1. The molecule has 0 bridgehead atoms. The number of nitrogens with one attached hydrogen (secondary N) is 1. The summed E-state index contributed by atoms with van der Waals surface area (Å²) in [5, 5.41) is 2.96. The zero-order valence-electron chi connectivity index (χ0n) is 7.34. The van der Waals surface area contributed by atoms with E-state index < -0.39 is 0 Å². The Morgan fingerprint density at radius 3 is 3.08 bits per heavy atom. The van der Waals surface area contributed by atoms with Gasteiger partial charge >= 0.3 is 6.03 Å². The molecule has 1 saturated heterocycles. The molecule has 2 aliphatic rings. The summed E-state index contributed by atoms with van der Waals surface area (Å²) in [6, 6.07) is 0.628. The lowest BCUT2D eigenvalue weighted by atomic mass is 9.87. The first-order valence-corrected chi connectivity index (χ1v) is 4.41. The van der Waals surface area contributed by atoms with E-state index in [0.717, 1.165) is 19.3 Å². The highest BCUT2D eigenvalue weighted by molar-refractivity contribution is 5.78. The Morgan fingerprint density at radius 2 is 2.42 bits per heavy atom. The Labute approximate surface area is 72.4 Å². The molecule has 2 unspecified atom stereocenters. The van der Waals surface area contributed by atoms with E-state index in [9.17, 15) is 4.79 Å². The van der Waals surface area contributed by atoms with Gasteiger partial charge < -0.3 is 10.2 Å². The molecule has 1 aliphatic carbocycles. The van der Waals surface area contributed by atoms with Crippen molar-refractivity contribution >= 4 is 6.03 Å². The minimum absolute atomic E-state index is 0.0491. The predicted octanol–water partition coefficient (Wildman–Crippen LogP) is 1.12. The molecular formula is C9H14N2O. The molecule has 0 radical (unpaired) electrons. The van der Waals surface area contributed by atoms with E-state index in [1.165, 1.54) is 5.57 Å². The summed E-state index contributed by atoms with van der Waals surface area (Å²) >= 11 is 0. The first-order valence-electron chi connectivity index (χ1n) is 4.41. The van der Waals surface area contributed by atoms with E-state index in [2.05, 4.69) is 11.9 Å². The number of nitrogens with zero attached hydrogens (tertiary/aromatic N) is 1. The number of rotatable bonds is 0. The standard InChI is InChI=1S/C9H14N2O/c1-6-4-3-5-7-8(6)11(2)9(12)10-7/h7-8H,1,3-5H2,2H3,(H,10,12). The molecule has 1 heterocycles. The molecule has 2 amide bonds. The van der Waals surface area contributed by atoms with Gasteiger partial charge in [0.15, 0.2) is 0 Å². The van der Waals surface area contributed by atoms with Crippen LogP contribution in [0.5, 0.6) is 0 Å². The summed E-state index contributed by atoms with van der Waals surface area (Å²) in [7, 11) is 1.84. The normalized spacial score (nSPS) is 34.9. The van der Waals surface area contributed by atoms with Crippen molar-refractivity contribution in [2.45, 2.75) is 31.3 Å². The number of fused-ring (bicyclic) bond motifs is 1. The molecule has 1 saturated carbocycles. The van der Waals surface area contributed by atoms with Crippen LogP contribution in [0.25, 0.3) is 0 Å². The highest BCUT2D eigenvalue weighted by atomic mass is 16.2. The van der Waals surface area contributed by atoms with Gasteiger partial charge in [0.05, 0.1) is 12.1 Å². The second kappa shape index (κ2) is 2.51. The molecule has 3 nitrogen and oxygen atoms in total. The van der Waals surface area contributed by atoms with E-state index in [0.29, 0.717) is 6.04 Å². The SMILES string of the molecule is C=C1CCCC2NC(=O)N(C)C12. The molecule has 12 heavy (non-hydrogen) atoms. The van der Waals surface area contributed by atoms with Crippen molar-refractivity contribution in [2.75, 3.05) is 7.05 Å². The van der Waals surface area contributed by atoms with Crippen LogP contribution in [-0.4, -0.2) is 30.1 Å². The Kier molecular flexibility index (Phi) is 1.60.